The van der Waals surface area contributed by atoms with Crippen LogP contribution in [0, 0.1) is 6.92 Å². The van der Waals surface area contributed by atoms with Gasteiger partial charge in [0.15, 0.2) is 18.1 Å². The van der Waals surface area contributed by atoms with Gasteiger partial charge in [-0.05, 0) is 80.1 Å². The molecule has 0 radical (unpaired) electrons. The highest BCUT2D eigenvalue weighted by atomic mass is 16.5. The lowest BCUT2D eigenvalue weighted by atomic mass is 10.1. The first-order valence-electron chi connectivity index (χ1n) is 11.3. The summed E-state index contributed by atoms with van der Waals surface area (Å²) < 4.78 is 16.3. The molecular weight excluding hydrogens is 462 g/mol. The lowest BCUT2D eigenvalue weighted by Crippen LogP contribution is -2.20. The highest BCUT2D eigenvalue weighted by Gasteiger charge is 2.14. The average molecular weight is 492 g/mol. The average Bonchev–Trinajstić information content (AvgIpc) is 2.85. The van der Waals surface area contributed by atoms with E-state index in [-0.39, 0.29) is 24.3 Å². The van der Waals surface area contributed by atoms with E-state index in [1.807, 2.05) is 13.8 Å². The number of carbonyl (C=O) groups excluding carboxylic acids is 3. The minimum absolute atomic E-state index is 0.169. The fourth-order valence-electron chi connectivity index (χ4n) is 3.34. The van der Waals surface area contributed by atoms with Crippen molar-refractivity contribution in [3.8, 4) is 17.2 Å². The number of aryl methyl sites for hydroxylation is 1. The maximum atomic E-state index is 12.8. The lowest BCUT2D eigenvalue weighted by molar-refractivity contribution is -0.118. The maximum absolute atomic E-state index is 12.8. The molecule has 3 amide bonds. The van der Waals surface area contributed by atoms with Crippen molar-refractivity contribution in [1.29, 1.82) is 0 Å². The van der Waals surface area contributed by atoms with Crippen LogP contribution in [0.3, 0.4) is 0 Å². The van der Waals surface area contributed by atoms with Gasteiger partial charge in [-0.1, -0.05) is 0 Å². The zero-order chi connectivity index (χ0) is 26.1. The topological polar surface area (TPSA) is 115 Å². The Morgan fingerprint density at radius 3 is 2.17 bits per heavy atom. The molecule has 3 rings (SSSR count). The van der Waals surface area contributed by atoms with Crippen LogP contribution in [0.1, 0.15) is 29.8 Å². The molecule has 0 aliphatic rings. The molecule has 0 unspecified atom stereocenters. The number of amides is 3. The summed E-state index contributed by atoms with van der Waals surface area (Å²) >= 11 is 0. The summed E-state index contributed by atoms with van der Waals surface area (Å²) in [5.41, 5.74) is 3.04. The van der Waals surface area contributed by atoms with Crippen LogP contribution in [0.25, 0.3) is 0 Å². The highest BCUT2D eigenvalue weighted by Crippen LogP contribution is 2.29. The molecule has 0 aromatic heterocycles. The number of ether oxygens (including phenoxy) is 3. The summed E-state index contributed by atoms with van der Waals surface area (Å²) in [6.45, 7) is 5.49. The molecule has 3 N–H and O–H groups in total. The van der Waals surface area contributed by atoms with E-state index in [9.17, 15) is 14.4 Å². The summed E-state index contributed by atoms with van der Waals surface area (Å²) in [6.07, 6.45) is 0. The number of methoxy groups -OCH3 is 1. The summed E-state index contributed by atoms with van der Waals surface area (Å²) in [5, 5.41) is 8.30. The van der Waals surface area contributed by atoms with Crippen molar-refractivity contribution >= 4 is 34.8 Å². The van der Waals surface area contributed by atoms with E-state index in [2.05, 4.69) is 16.0 Å². The summed E-state index contributed by atoms with van der Waals surface area (Å²) in [7, 11) is 1.45. The van der Waals surface area contributed by atoms with Crippen molar-refractivity contribution in [3.63, 3.8) is 0 Å². The van der Waals surface area contributed by atoms with Gasteiger partial charge in [0.25, 0.3) is 11.8 Å². The Kier molecular flexibility index (Phi) is 8.88. The summed E-state index contributed by atoms with van der Waals surface area (Å²) in [4.78, 5) is 36.3. The molecule has 0 saturated carbocycles. The Bertz CT molecular complexity index is 1240. The second-order valence-corrected chi connectivity index (χ2v) is 7.82. The van der Waals surface area contributed by atoms with Crippen LogP contribution in [-0.4, -0.2) is 38.0 Å². The first-order valence-corrected chi connectivity index (χ1v) is 11.3. The third-order valence-electron chi connectivity index (χ3n) is 5.03. The van der Waals surface area contributed by atoms with Crippen molar-refractivity contribution < 1.29 is 28.6 Å². The van der Waals surface area contributed by atoms with Crippen molar-refractivity contribution in [1.82, 2.24) is 0 Å². The van der Waals surface area contributed by atoms with E-state index in [0.717, 1.165) is 11.3 Å². The molecule has 0 bridgehead atoms. The summed E-state index contributed by atoms with van der Waals surface area (Å²) in [6, 6.07) is 16.9. The van der Waals surface area contributed by atoms with Gasteiger partial charge in [-0.25, -0.2) is 0 Å². The molecule has 0 saturated heterocycles. The Hall–Kier alpha value is -4.53. The predicted molar refractivity (Wildman–Crippen MR) is 138 cm³/mol. The van der Waals surface area contributed by atoms with E-state index in [4.69, 9.17) is 14.2 Å². The molecule has 0 aliphatic carbocycles. The first-order chi connectivity index (χ1) is 17.3. The van der Waals surface area contributed by atoms with E-state index >= 15 is 0 Å². The van der Waals surface area contributed by atoms with Gasteiger partial charge in [-0.3, -0.25) is 14.4 Å². The van der Waals surface area contributed by atoms with E-state index in [1.54, 1.807) is 54.6 Å². The molecule has 9 heteroatoms. The molecule has 0 spiro atoms. The zero-order valence-corrected chi connectivity index (χ0v) is 20.6. The van der Waals surface area contributed by atoms with Gasteiger partial charge in [-0.2, -0.15) is 0 Å². The molecule has 36 heavy (non-hydrogen) atoms. The van der Waals surface area contributed by atoms with Crippen LogP contribution in [0.15, 0.2) is 60.7 Å². The maximum Gasteiger partial charge on any atom is 0.262 e. The quantitative estimate of drug-likeness (QED) is 0.381. The molecule has 0 fully saturated rings. The van der Waals surface area contributed by atoms with Gasteiger partial charge in [0, 0.05) is 29.5 Å². The molecule has 188 valence electrons. The van der Waals surface area contributed by atoms with Crippen LogP contribution >= 0.6 is 0 Å². The Morgan fingerprint density at radius 1 is 0.806 bits per heavy atom. The lowest BCUT2D eigenvalue weighted by Gasteiger charge is -2.13. The third kappa shape index (κ3) is 7.23. The predicted octanol–water partition coefficient (Wildman–Crippen LogP) is 4.63. The second-order valence-electron chi connectivity index (χ2n) is 7.82. The van der Waals surface area contributed by atoms with Crippen LogP contribution in [0.5, 0.6) is 17.2 Å². The summed E-state index contributed by atoms with van der Waals surface area (Å²) in [5.74, 6) is 0.497. The van der Waals surface area contributed by atoms with Gasteiger partial charge in [0.2, 0.25) is 5.91 Å². The standard InChI is InChI=1S/C27H29N3O6/c1-5-35-22-10-7-20(8-11-22)29-26(32)16-36-24-13-6-19(15-25(24)34-4)27(33)30-21-9-12-23(17(2)14-21)28-18(3)31/h6-15H,5,16H2,1-4H3,(H,28,31)(H,29,32)(H,30,33). The van der Waals surface area contributed by atoms with Gasteiger partial charge in [0.05, 0.1) is 13.7 Å². The largest absolute Gasteiger partial charge is 0.494 e. The van der Waals surface area contributed by atoms with Crippen molar-refractivity contribution in [2.24, 2.45) is 0 Å². The molecule has 0 aliphatic heterocycles. The SMILES string of the molecule is CCOc1ccc(NC(=O)COc2ccc(C(=O)Nc3ccc(NC(C)=O)c(C)c3)cc2OC)cc1. The fraction of sp³-hybridized carbons (Fsp3) is 0.222. The molecule has 3 aromatic carbocycles. The number of benzene rings is 3. The number of rotatable bonds is 10. The van der Waals surface area contributed by atoms with Crippen molar-refractivity contribution in [3.05, 3.63) is 71.8 Å². The molecule has 3 aromatic rings. The van der Waals surface area contributed by atoms with Crippen molar-refractivity contribution in [2.45, 2.75) is 20.8 Å². The van der Waals surface area contributed by atoms with Crippen molar-refractivity contribution in [2.75, 3.05) is 36.3 Å². The zero-order valence-electron chi connectivity index (χ0n) is 20.6. The smallest absolute Gasteiger partial charge is 0.262 e. The molecule has 0 heterocycles. The molecular formula is C27H29N3O6. The van der Waals surface area contributed by atoms with E-state index in [1.165, 1.54) is 20.1 Å². The minimum atomic E-state index is -0.347. The first kappa shape index (κ1) is 26.1. The van der Waals surface area contributed by atoms with E-state index < -0.39 is 0 Å². The monoisotopic (exact) mass is 491 g/mol. The fourth-order valence-corrected chi connectivity index (χ4v) is 3.34. The normalized spacial score (nSPS) is 10.2. The van der Waals surface area contributed by atoms with Crippen LogP contribution < -0.4 is 30.2 Å². The Balaban J connectivity index is 1.60. The van der Waals surface area contributed by atoms with E-state index in [0.29, 0.717) is 40.7 Å². The van der Waals surface area contributed by atoms with Gasteiger partial charge >= 0.3 is 0 Å². The van der Waals surface area contributed by atoms with Gasteiger partial charge < -0.3 is 30.2 Å². The van der Waals surface area contributed by atoms with Crippen LogP contribution in [0.2, 0.25) is 0 Å². The Morgan fingerprint density at radius 2 is 1.53 bits per heavy atom. The number of carbonyl (C=O) groups is 3. The minimum Gasteiger partial charge on any atom is -0.494 e. The number of anilines is 3. The van der Waals surface area contributed by atoms with Crippen LogP contribution in [-0.2, 0) is 9.59 Å². The van der Waals surface area contributed by atoms with Gasteiger partial charge in [0.1, 0.15) is 5.75 Å². The number of hydrogen-bond donors (Lipinski definition) is 3. The molecule has 0 atom stereocenters. The molecule has 9 nitrogen and oxygen atoms in total. The Labute approximate surface area is 209 Å². The third-order valence-corrected chi connectivity index (χ3v) is 5.03. The number of nitrogens with one attached hydrogen (secondary N) is 3. The number of hydrogen-bond acceptors (Lipinski definition) is 6. The second kappa shape index (κ2) is 12.3. The highest BCUT2D eigenvalue weighted by molar-refractivity contribution is 6.05. The van der Waals surface area contributed by atoms with Crippen LogP contribution in [0.4, 0.5) is 17.1 Å². The van der Waals surface area contributed by atoms with Gasteiger partial charge in [-0.15, -0.1) is 0 Å².